The van der Waals surface area contributed by atoms with Crippen LogP contribution in [0.15, 0.2) is 0 Å². The molecular formula is C9H17FO. The molecule has 11 heavy (non-hydrogen) atoms. The molecule has 0 N–H and O–H groups in total. The van der Waals surface area contributed by atoms with Crippen LogP contribution in [-0.2, 0) is 4.74 Å². The zero-order chi connectivity index (χ0) is 8.27. The van der Waals surface area contributed by atoms with Gasteiger partial charge < -0.3 is 4.74 Å². The second-order valence-electron chi connectivity index (χ2n) is 3.38. The van der Waals surface area contributed by atoms with Gasteiger partial charge in [0, 0.05) is 7.11 Å². The zero-order valence-electron chi connectivity index (χ0n) is 7.35. The van der Waals surface area contributed by atoms with Crippen molar-refractivity contribution in [3.8, 4) is 0 Å². The van der Waals surface area contributed by atoms with Crippen LogP contribution in [0.2, 0.25) is 0 Å². The molecule has 1 aliphatic rings. The van der Waals surface area contributed by atoms with E-state index in [0.29, 0.717) is 12.3 Å². The summed E-state index contributed by atoms with van der Waals surface area (Å²) in [7, 11) is 1.61. The fourth-order valence-electron chi connectivity index (χ4n) is 1.79. The molecular weight excluding hydrogens is 143 g/mol. The average Bonchev–Trinajstić information content (AvgIpc) is 2.05. The second-order valence-corrected chi connectivity index (χ2v) is 3.38. The Morgan fingerprint density at radius 1 is 1.45 bits per heavy atom. The average molecular weight is 160 g/mol. The molecule has 1 fully saturated rings. The first kappa shape index (κ1) is 8.98. The van der Waals surface area contributed by atoms with E-state index in [1.807, 2.05) is 0 Å². The molecule has 0 spiro atoms. The summed E-state index contributed by atoms with van der Waals surface area (Å²) in [5.74, 6) is 0.687. The number of hydrogen-bond donors (Lipinski definition) is 0. The summed E-state index contributed by atoms with van der Waals surface area (Å²) in [4.78, 5) is 0. The molecule has 2 heteroatoms. The van der Waals surface area contributed by atoms with Gasteiger partial charge in [0.05, 0.1) is 6.10 Å². The van der Waals surface area contributed by atoms with Crippen LogP contribution < -0.4 is 0 Å². The Kier molecular flexibility index (Phi) is 3.31. The Balaban J connectivity index is 2.37. The third-order valence-electron chi connectivity index (χ3n) is 2.70. The maximum Gasteiger partial charge on any atom is 0.126 e. The highest BCUT2D eigenvalue weighted by Gasteiger charge is 2.29. The van der Waals surface area contributed by atoms with Crippen molar-refractivity contribution in [1.82, 2.24) is 0 Å². The van der Waals surface area contributed by atoms with E-state index < -0.39 is 6.17 Å². The molecule has 66 valence electrons. The van der Waals surface area contributed by atoms with Gasteiger partial charge in [0.15, 0.2) is 0 Å². The van der Waals surface area contributed by atoms with E-state index in [0.717, 1.165) is 19.3 Å². The Labute approximate surface area is 67.9 Å². The van der Waals surface area contributed by atoms with E-state index in [-0.39, 0.29) is 6.10 Å². The predicted octanol–water partition coefficient (Wildman–Crippen LogP) is 2.55. The zero-order valence-corrected chi connectivity index (χ0v) is 7.35. The van der Waals surface area contributed by atoms with Crippen molar-refractivity contribution in [2.75, 3.05) is 7.11 Å². The summed E-state index contributed by atoms with van der Waals surface area (Å²) in [6, 6.07) is 0. The largest absolute Gasteiger partial charge is 0.378 e. The molecule has 0 saturated heterocycles. The van der Waals surface area contributed by atoms with Gasteiger partial charge >= 0.3 is 0 Å². The van der Waals surface area contributed by atoms with Crippen molar-refractivity contribution in [2.45, 2.75) is 44.9 Å². The minimum atomic E-state index is -0.720. The smallest absolute Gasteiger partial charge is 0.126 e. The maximum atomic E-state index is 13.0. The van der Waals surface area contributed by atoms with Crippen molar-refractivity contribution in [3.05, 3.63) is 0 Å². The summed E-state index contributed by atoms with van der Waals surface area (Å²) in [5.41, 5.74) is 0. The normalized spacial score (nSPS) is 39.0. The Hall–Kier alpha value is -0.110. The first-order valence-electron chi connectivity index (χ1n) is 4.44. The van der Waals surface area contributed by atoms with Crippen molar-refractivity contribution < 1.29 is 9.13 Å². The highest BCUT2D eigenvalue weighted by molar-refractivity contribution is 4.79. The monoisotopic (exact) mass is 160 g/mol. The fourth-order valence-corrected chi connectivity index (χ4v) is 1.79. The lowest BCUT2D eigenvalue weighted by atomic mass is 9.84. The van der Waals surface area contributed by atoms with E-state index in [2.05, 4.69) is 6.92 Å². The van der Waals surface area contributed by atoms with Gasteiger partial charge in [-0.05, 0) is 25.2 Å². The lowest BCUT2D eigenvalue weighted by Crippen LogP contribution is -2.32. The van der Waals surface area contributed by atoms with Gasteiger partial charge in [0.25, 0.3) is 0 Å². The number of ether oxygens (including phenoxy) is 1. The maximum absolute atomic E-state index is 13.0. The standard InChI is InChI=1S/C9H17FO/c1-3-7-4-5-8(10)9(6-7)11-2/h7-9H,3-6H2,1-2H3. The summed E-state index contributed by atoms with van der Waals surface area (Å²) >= 11 is 0. The lowest BCUT2D eigenvalue weighted by Gasteiger charge is -2.30. The van der Waals surface area contributed by atoms with Crippen LogP contribution in [0, 0.1) is 5.92 Å². The van der Waals surface area contributed by atoms with Crippen molar-refractivity contribution in [3.63, 3.8) is 0 Å². The van der Waals surface area contributed by atoms with E-state index >= 15 is 0 Å². The number of halogens is 1. The van der Waals surface area contributed by atoms with Gasteiger partial charge in [-0.3, -0.25) is 0 Å². The molecule has 3 unspecified atom stereocenters. The topological polar surface area (TPSA) is 9.23 Å². The molecule has 0 aliphatic heterocycles. The molecule has 0 bridgehead atoms. The molecule has 1 saturated carbocycles. The summed E-state index contributed by atoms with van der Waals surface area (Å²) in [6.07, 6.45) is 2.95. The third-order valence-corrected chi connectivity index (χ3v) is 2.70. The van der Waals surface area contributed by atoms with E-state index in [1.54, 1.807) is 7.11 Å². The minimum absolute atomic E-state index is 0.131. The molecule has 0 aromatic carbocycles. The molecule has 0 aromatic heterocycles. The second kappa shape index (κ2) is 4.05. The summed E-state index contributed by atoms with van der Waals surface area (Å²) < 4.78 is 18.1. The predicted molar refractivity (Wildman–Crippen MR) is 43.3 cm³/mol. The lowest BCUT2D eigenvalue weighted by molar-refractivity contribution is -0.0120. The summed E-state index contributed by atoms with van der Waals surface area (Å²) in [5, 5.41) is 0. The Morgan fingerprint density at radius 2 is 2.18 bits per heavy atom. The van der Waals surface area contributed by atoms with Crippen LogP contribution in [0.3, 0.4) is 0 Å². The molecule has 3 atom stereocenters. The van der Waals surface area contributed by atoms with Crippen molar-refractivity contribution >= 4 is 0 Å². The first-order valence-corrected chi connectivity index (χ1v) is 4.44. The van der Waals surface area contributed by atoms with Crippen molar-refractivity contribution in [1.29, 1.82) is 0 Å². The Bertz CT molecular complexity index is 116. The van der Waals surface area contributed by atoms with Gasteiger partial charge in [-0.15, -0.1) is 0 Å². The van der Waals surface area contributed by atoms with Gasteiger partial charge in [0.2, 0.25) is 0 Å². The highest BCUT2D eigenvalue weighted by atomic mass is 19.1. The quantitative estimate of drug-likeness (QED) is 0.603. The number of hydrogen-bond acceptors (Lipinski definition) is 1. The van der Waals surface area contributed by atoms with Crippen LogP contribution in [0.4, 0.5) is 4.39 Å². The molecule has 0 heterocycles. The van der Waals surface area contributed by atoms with Crippen LogP contribution in [0.25, 0.3) is 0 Å². The number of methoxy groups -OCH3 is 1. The Morgan fingerprint density at radius 3 is 2.73 bits per heavy atom. The van der Waals surface area contributed by atoms with Crippen LogP contribution >= 0.6 is 0 Å². The van der Waals surface area contributed by atoms with Crippen LogP contribution in [0.5, 0.6) is 0 Å². The van der Waals surface area contributed by atoms with Crippen molar-refractivity contribution in [2.24, 2.45) is 5.92 Å². The first-order chi connectivity index (χ1) is 5.27. The number of alkyl halides is 1. The fraction of sp³-hybridized carbons (Fsp3) is 1.00. The molecule has 0 radical (unpaired) electrons. The third kappa shape index (κ3) is 2.16. The van der Waals surface area contributed by atoms with Gasteiger partial charge in [0.1, 0.15) is 6.17 Å². The molecule has 1 rings (SSSR count). The number of rotatable bonds is 2. The highest BCUT2D eigenvalue weighted by Crippen LogP contribution is 2.29. The SMILES string of the molecule is CCC1CCC(F)C(OC)C1. The van der Waals surface area contributed by atoms with E-state index in [1.165, 1.54) is 0 Å². The molecule has 0 amide bonds. The molecule has 0 aromatic rings. The van der Waals surface area contributed by atoms with Crippen LogP contribution in [0.1, 0.15) is 32.6 Å². The van der Waals surface area contributed by atoms with Gasteiger partial charge in [-0.1, -0.05) is 13.3 Å². The van der Waals surface area contributed by atoms with Gasteiger partial charge in [-0.2, -0.15) is 0 Å². The molecule has 1 nitrogen and oxygen atoms in total. The van der Waals surface area contributed by atoms with E-state index in [9.17, 15) is 4.39 Å². The van der Waals surface area contributed by atoms with Crippen LogP contribution in [-0.4, -0.2) is 19.4 Å². The van der Waals surface area contributed by atoms with Gasteiger partial charge in [-0.25, -0.2) is 4.39 Å². The minimum Gasteiger partial charge on any atom is -0.378 e. The summed E-state index contributed by atoms with van der Waals surface area (Å²) in [6.45, 7) is 2.16. The van der Waals surface area contributed by atoms with E-state index in [4.69, 9.17) is 4.74 Å². The molecule has 1 aliphatic carbocycles.